The van der Waals surface area contributed by atoms with Gasteiger partial charge in [0.2, 0.25) is 11.8 Å². The number of alkyl halides is 2. The summed E-state index contributed by atoms with van der Waals surface area (Å²) in [5, 5.41) is 2.90. The van der Waals surface area contributed by atoms with Crippen LogP contribution in [0.2, 0.25) is 0 Å². The highest BCUT2D eigenvalue weighted by Gasteiger charge is 2.33. The van der Waals surface area contributed by atoms with Crippen molar-refractivity contribution in [3.63, 3.8) is 0 Å². The van der Waals surface area contributed by atoms with Gasteiger partial charge in [-0.05, 0) is 50.3 Å². The predicted octanol–water partition coefficient (Wildman–Crippen LogP) is 3.49. The van der Waals surface area contributed by atoms with Crippen LogP contribution >= 0.6 is 0 Å². The summed E-state index contributed by atoms with van der Waals surface area (Å²) in [4.78, 5) is 31.0. The number of nitrogens with one attached hydrogen (secondary N) is 1. The third-order valence-corrected chi connectivity index (χ3v) is 6.01. The highest BCUT2D eigenvalue weighted by molar-refractivity contribution is 5.94. The summed E-state index contributed by atoms with van der Waals surface area (Å²) in [6.45, 7) is 1.68. The molecule has 35 heavy (non-hydrogen) atoms. The van der Waals surface area contributed by atoms with Crippen LogP contribution in [0.4, 0.5) is 8.78 Å². The van der Waals surface area contributed by atoms with Gasteiger partial charge in [0.15, 0.2) is 23.0 Å². The Morgan fingerprint density at radius 2 is 2.06 bits per heavy atom. The van der Waals surface area contributed by atoms with Gasteiger partial charge in [0, 0.05) is 31.1 Å². The van der Waals surface area contributed by atoms with Crippen molar-refractivity contribution >= 4 is 11.8 Å². The topological polar surface area (TPSA) is 120 Å². The Bertz CT molecular complexity index is 1070. The van der Waals surface area contributed by atoms with E-state index in [0.717, 1.165) is 12.8 Å². The van der Waals surface area contributed by atoms with Gasteiger partial charge in [-0.1, -0.05) is 6.92 Å². The zero-order valence-electron chi connectivity index (χ0n) is 19.8. The molecule has 2 aromatic rings. The monoisotopic (exact) mass is 492 g/mol. The largest absolute Gasteiger partial charge is 0.489 e. The molecule has 1 saturated carbocycles. The molecule has 0 bridgehead atoms. The molecule has 1 aliphatic carbocycles. The molecule has 190 valence electrons. The fourth-order valence-corrected chi connectivity index (χ4v) is 3.90. The van der Waals surface area contributed by atoms with Gasteiger partial charge in [0.05, 0.1) is 12.6 Å². The van der Waals surface area contributed by atoms with Crippen LogP contribution in [-0.4, -0.2) is 54.0 Å². The molecule has 2 aliphatic rings. The lowest BCUT2D eigenvalue weighted by molar-refractivity contribution is -0.121. The molecule has 0 unspecified atom stereocenters. The third-order valence-electron chi connectivity index (χ3n) is 6.01. The number of halogens is 2. The first-order chi connectivity index (χ1) is 16.7. The number of nitrogens with two attached hydrogens (primary N) is 1. The molecule has 0 spiro atoms. The van der Waals surface area contributed by atoms with Crippen LogP contribution in [0.5, 0.6) is 11.5 Å². The Hall–Kier alpha value is -3.21. The van der Waals surface area contributed by atoms with Crippen molar-refractivity contribution in [3.05, 3.63) is 29.7 Å². The number of amides is 2. The lowest BCUT2D eigenvalue weighted by atomic mass is 10.2. The normalized spacial score (nSPS) is 18.6. The van der Waals surface area contributed by atoms with Gasteiger partial charge in [-0.2, -0.15) is 8.78 Å². The van der Waals surface area contributed by atoms with Gasteiger partial charge < -0.3 is 29.8 Å². The summed E-state index contributed by atoms with van der Waals surface area (Å²) < 4.78 is 41.9. The molecule has 2 atom stereocenters. The number of ether oxygens (including phenoxy) is 2. The first kappa shape index (κ1) is 24.9. The number of rotatable bonds is 10. The Labute approximate surface area is 201 Å². The van der Waals surface area contributed by atoms with Crippen LogP contribution in [0.1, 0.15) is 61.8 Å². The molecular formula is C24H30F2N4O5. The number of oxazole rings is 1. The maximum absolute atomic E-state index is 13.3. The Morgan fingerprint density at radius 1 is 1.29 bits per heavy atom. The van der Waals surface area contributed by atoms with Crippen molar-refractivity contribution in [3.8, 4) is 23.0 Å². The summed E-state index contributed by atoms with van der Waals surface area (Å²) in [5.74, 6) is 0.399. The molecule has 1 aromatic carbocycles. The highest BCUT2D eigenvalue weighted by atomic mass is 19.3. The Kier molecular flexibility index (Phi) is 7.54. The number of likely N-dealkylation sites (tertiary alicyclic amines) is 1. The smallest absolute Gasteiger partial charge is 0.387 e. The van der Waals surface area contributed by atoms with Crippen molar-refractivity contribution in [1.29, 1.82) is 0 Å². The lowest BCUT2D eigenvalue weighted by Crippen LogP contribution is -2.38. The second-order valence-corrected chi connectivity index (χ2v) is 8.97. The number of aromatic nitrogens is 1. The van der Waals surface area contributed by atoms with E-state index in [0.29, 0.717) is 44.0 Å². The second kappa shape index (κ2) is 10.6. The number of hydrogen-bond acceptors (Lipinski definition) is 7. The maximum Gasteiger partial charge on any atom is 0.387 e. The minimum absolute atomic E-state index is 0.0664. The molecule has 0 radical (unpaired) electrons. The summed E-state index contributed by atoms with van der Waals surface area (Å²) in [6, 6.07) is 3.66. The number of carbonyl (C=O) groups is 2. The second-order valence-electron chi connectivity index (χ2n) is 8.97. The van der Waals surface area contributed by atoms with E-state index < -0.39 is 12.7 Å². The fraction of sp³-hybridized carbons (Fsp3) is 0.542. The van der Waals surface area contributed by atoms with E-state index in [2.05, 4.69) is 15.0 Å². The molecule has 3 N–H and O–H groups in total. The molecule has 2 heterocycles. The van der Waals surface area contributed by atoms with Crippen LogP contribution < -0.4 is 20.5 Å². The van der Waals surface area contributed by atoms with Crippen molar-refractivity contribution in [2.24, 2.45) is 11.7 Å². The quantitative estimate of drug-likeness (QED) is 0.521. The van der Waals surface area contributed by atoms with Crippen LogP contribution in [0.25, 0.3) is 11.5 Å². The van der Waals surface area contributed by atoms with Crippen LogP contribution in [-0.2, 0) is 4.79 Å². The third kappa shape index (κ3) is 6.08. The van der Waals surface area contributed by atoms with Crippen molar-refractivity contribution in [2.45, 2.75) is 58.2 Å². The molecule has 2 amide bonds. The van der Waals surface area contributed by atoms with E-state index in [1.807, 2.05) is 0 Å². The molecular weight excluding hydrogens is 462 g/mol. The number of benzene rings is 1. The highest BCUT2D eigenvalue weighted by Crippen LogP contribution is 2.37. The molecule has 1 saturated heterocycles. The van der Waals surface area contributed by atoms with Gasteiger partial charge >= 0.3 is 6.61 Å². The molecule has 11 heteroatoms. The summed E-state index contributed by atoms with van der Waals surface area (Å²) >= 11 is 0. The Morgan fingerprint density at radius 3 is 2.71 bits per heavy atom. The molecule has 4 rings (SSSR count). The summed E-state index contributed by atoms with van der Waals surface area (Å²) in [7, 11) is 0. The van der Waals surface area contributed by atoms with E-state index in [9.17, 15) is 18.4 Å². The van der Waals surface area contributed by atoms with Gasteiger partial charge in [-0.15, -0.1) is 0 Å². The van der Waals surface area contributed by atoms with Crippen LogP contribution in [0.3, 0.4) is 0 Å². The lowest BCUT2D eigenvalue weighted by Gasteiger charge is -2.16. The molecule has 1 aromatic heterocycles. The average molecular weight is 493 g/mol. The molecule has 2 fully saturated rings. The number of nitrogens with zero attached hydrogens (tertiary/aromatic N) is 2. The number of hydrogen-bond donors (Lipinski definition) is 2. The van der Waals surface area contributed by atoms with Crippen molar-refractivity contribution in [1.82, 2.24) is 15.2 Å². The van der Waals surface area contributed by atoms with Gasteiger partial charge in [-0.3, -0.25) is 9.59 Å². The van der Waals surface area contributed by atoms with Crippen LogP contribution in [0, 0.1) is 5.92 Å². The van der Waals surface area contributed by atoms with Crippen LogP contribution in [0.15, 0.2) is 22.6 Å². The van der Waals surface area contributed by atoms with E-state index in [4.69, 9.17) is 14.9 Å². The van der Waals surface area contributed by atoms with Crippen molar-refractivity contribution < 1.29 is 32.3 Å². The maximum atomic E-state index is 13.3. The molecule has 9 nitrogen and oxygen atoms in total. The van der Waals surface area contributed by atoms with E-state index in [1.54, 1.807) is 18.7 Å². The summed E-state index contributed by atoms with van der Waals surface area (Å²) in [5.41, 5.74) is 6.59. The molecule has 1 aliphatic heterocycles. The SMILES string of the molecule is CCC(=O)N[C@@H]1CCN(C(=O)c2nc(-c3ccc(OC(F)F)c(OCC4CC4)c3)oc2[C@H](C)N)C1. The number of carbonyl (C=O) groups excluding carboxylic acids is 2. The zero-order valence-corrected chi connectivity index (χ0v) is 19.8. The van der Waals surface area contributed by atoms with E-state index >= 15 is 0 Å². The van der Waals surface area contributed by atoms with E-state index in [1.165, 1.54) is 18.2 Å². The average Bonchev–Trinajstić information content (AvgIpc) is 3.35. The van der Waals surface area contributed by atoms with Gasteiger partial charge in [-0.25, -0.2) is 4.98 Å². The standard InChI is InChI=1S/C24H30F2N4O5/c1-3-19(31)28-16-8-9-30(11-16)23(32)20-21(13(2)27)35-22(29-20)15-6-7-17(34-24(25)26)18(10-15)33-12-14-4-5-14/h6-7,10,13-14,16,24H,3-5,8-9,11-12,27H2,1-2H3,(H,28,31)/t13-,16+/m0/s1. The van der Waals surface area contributed by atoms with Gasteiger partial charge in [0.25, 0.3) is 5.91 Å². The fourth-order valence-electron chi connectivity index (χ4n) is 3.90. The first-order valence-corrected chi connectivity index (χ1v) is 11.8. The Balaban J connectivity index is 1.57. The first-order valence-electron chi connectivity index (χ1n) is 11.8. The van der Waals surface area contributed by atoms with Crippen molar-refractivity contribution in [2.75, 3.05) is 19.7 Å². The minimum atomic E-state index is -2.99. The van der Waals surface area contributed by atoms with E-state index in [-0.39, 0.29) is 46.7 Å². The van der Waals surface area contributed by atoms with Gasteiger partial charge in [0.1, 0.15) is 0 Å². The zero-order chi connectivity index (χ0) is 25.1. The predicted molar refractivity (Wildman–Crippen MR) is 122 cm³/mol. The minimum Gasteiger partial charge on any atom is -0.489 e. The summed E-state index contributed by atoms with van der Waals surface area (Å²) in [6.07, 6.45) is 3.09.